The van der Waals surface area contributed by atoms with Gasteiger partial charge in [-0.15, -0.1) is 0 Å². The Kier molecular flexibility index (Phi) is 4.10. The summed E-state index contributed by atoms with van der Waals surface area (Å²) >= 11 is 5.98. The molecule has 1 rings (SSSR count). The fourth-order valence-electron chi connectivity index (χ4n) is 1.34. The number of allylic oxidation sites excluding steroid dienone is 2. The smallest absolute Gasteiger partial charge is 0.185 e. The molecule has 15 heavy (non-hydrogen) atoms. The van der Waals surface area contributed by atoms with Gasteiger partial charge < -0.3 is 0 Å². The second-order valence-electron chi connectivity index (χ2n) is 3.75. The summed E-state index contributed by atoms with van der Waals surface area (Å²) in [5, 5.41) is 0.728. The van der Waals surface area contributed by atoms with E-state index in [1.54, 1.807) is 18.2 Å². The van der Waals surface area contributed by atoms with Gasteiger partial charge in [0.25, 0.3) is 0 Å². The maximum atomic E-state index is 11.7. The van der Waals surface area contributed by atoms with E-state index in [0.29, 0.717) is 5.56 Å². The Bertz CT molecular complexity index is 401. The maximum Gasteiger partial charge on any atom is 0.185 e. The lowest BCUT2D eigenvalue weighted by Gasteiger charge is -2.03. The summed E-state index contributed by atoms with van der Waals surface area (Å²) < 4.78 is 0. The molecule has 0 aromatic heterocycles. The third-order valence-corrected chi connectivity index (χ3v) is 2.50. The highest BCUT2D eigenvalue weighted by molar-refractivity contribution is 6.31. The van der Waals surface area contributed by atoms with Crippen molar-refractivity contribution in [3.63, 3.8) is 0 Å². The maximum absolute atomic E-state index is 11.7. The zero-order chi connectivity index (χ0) is 11.4. The second-order valence-corrected chi connectivity index (χ2v) is 4.15. The standard InChI is InChI=1S/C13H15ClO/c1-4-10-8-11(5-6-12(10)14)13(15)7-9(2)3/h5-8H,4H2,1-3H3. The van der Waals surface area contributed by atoms with Crippen molar-refractivity contribution in [3.8, 4) is 0 Å². The molecule has 1 aromatic carbocycles. The predicted octanol–water partition coefficient (Wildman–Crippen LogP) is 4.05. The number of carbonyl (C=O) groups excluding carboxylic acids is 1. The molecule has 2 heteroatoms. The Morgan fingerprint density at radius 2 is 2.07 bits per heavy atom. The quantitative estimate of drug-likeness (QED) is 0.557. The van der Waals surface area contributed by atoms with Crippen molar-refractivity contribution in [1.82, 2.24) is 0 Å². The average molecular weight is 223 g/mol. The van der Waals surface area contributed by atoms with Gasteiger partial charge in [0.2, 0.25) is 0 Å². The Hall–Kier alpha value is -1.08. The lowest BCUT2D eigenvalue weighted by Crippen LogP contribution is -1.97. The summed E-state index contributed by atoms with van der Waals surface area (Å²) in [6.45, 7) is 5.85. The van der Waals surface area contributed by atoms with Crippen LogP contribution in [0.25, 0.3) is 0 Å². The van der Waals surface area contributed by atoms with Crippen LogP contribution in [0.1, 0.15) is 36.7 Å². The summed E-state index contributed by atoms with van der Waals surface area (Å²) in [5.74, 6) is 0.0429. The summed E-state index contributed by atoms with van der Waals surface area (Å²) in [4.78, 5) is 11.7. The van der Waals surface area contributed by atoms with E-state index in [9.17, 15) is 4.79 Å². The molecule has 0 spiro atoms. The first-order valence-corrected chi connectivity index (χ1v) is 5.40. The first-order chi connectivity index (χ1) is 7.04. The molecule has 0 heterocycles. The summed E-state index contributed by atoms with van der Waals surface area (Å²) in [6, 6.07) is 5.42. The molecule has 0 saturated carbocycles. The van der Waals surface area contributed by atoms with E-state index in [-0.39, 0.29) is 5.78 Å². The van der Waals surface area contributed by atoms with E-state index < -0.39 is 0 Å². The van der Waals surface area contributed by atoms with Gasteiger partial charge in [-0.1, -0.05) is 24.1 Å². The number of aryl methyl sites for hydroxylation is 1. The van der Waals surface area contributed by atoms with Gasteiger partial charge in [0.05, 0.1) is 0 Å². The number of ketones is 1. The summed E-state index contributed by atoms with van der Waals surface area (Å²) in [5.41, 5.74) is 2.73. The molecule has 0 N–H and O–H groups in total. The minimum atomic E-state index is 0.0429. The molecular weight excluding hydrogens is 208 g/mol. The van der Waals surface area contributed by atoms with Crippen LogP contribution in [-0.4, -0.2) is 5.78 Å². The molecular formula is C13H15ClO. The Labute approximate surface area is 95.8 Å². The minimum Gasteiger partial charge on any atom is -0.289 e. The molecule has 0 aliphatic rings. The van der Waals surface area contributed by atoms with Crippen molar-refractivity contribution in [3.05, 3.63) is 46.0 Å². The van der Waals surface area contributed by atoms with Gasteiger partial charge in [-0.05, 0) is 50.1 Å². The van der Waals surface area contributed by atoms with E-state index in [1.807, 2.05) is 26.8 Å². The molecule has 0 aliphatic heterocycles. The number of benzene rings is 1. The molecule has 0 bridgehead atoms. The summed E-state index contributed by atoms with van der Waals surface area (Å²) in [7, 11) is 0. The van der Waals surface area contributed by atoms with E-state index in [4.69, 9.17) is 11.6 Å². The van der Waals surface area contributed by atoms with Crippen LogP contribution in [0.4, 0.5) is 0 Å². The second kappa shape index (κ2) is 5.13. The van der Waals surface area contributed by atoms with Gasteiger partial charge in [0.1, 0.15) is 0 Å². The highest BCUT2D eigenvalue weighted by Gasteiger charge is 2.05. The molecule has 0 fully saturated rings. The van der Waals surface area contributed by atoms with Crippen LogP contribution in [-0.2, 0) is 6.42 Å². The van der Waals surface area contributed by atoms with Crippen LogP contribution in [0.2, 0.25) is 5.02 Å². The van der Waals surface area contributed by atoms with E-state index in [0.717, 1.165) is 22.6 Å². The average Bonchev–Trinajstić information content (AvgIpc) is 2.17. The molecule has 0 atom stereocenters. The molecule has 0 radical (unpaired) electrons. The van der Waals surface area contributed by atoms with Gasteiger partial charge in [-0.3, -0.25) is 4.79 Å². The van der Waals surface area contributed by atoms with Crippen LogP contribution in [0.15, 0.2) is 29.8 Å². The van der Waals surface area contributed by atoms with Gasteiger partial charge in [-0.25, -0.2) is 0 Å². The largest absolute Gasteiger partial charge is 0.289 e. The summed E-state index contributed by atoms with van der Waals surface area (Å²) in [6.07, 6.45) is 2.48. The third-order valence-electron chi connectivity index (χ3n) is 2.13. The van der Waals surface area contributed by atoms with Gasteiger partial charge in [0, 0.05) is 10.6 Å². The van der Waals surface area contributed by atoms with Crippen LogP contribution < -0.4 is 0 Å². The third kappa shape index (κ3) is 3.21. The van der Waals surface area contributed by atoms with Crippen molar-refractivity contribution in [1.29, 1.82) is 0 Å². The van der Waals surface area contributed by atoms with Gasteiger partial charge in [-0.2, -0.15) is 0 Å². The Balaban J connectivity index is 3.06. The van der Waals surface area contributed by atoms with Crippen LogP contribution in [0, 0.1) is 0 Å². The lowest BCUT2D eigenvalue weighted by atomic mass is 10.0. The van der Waals surface area contributed by atoms with Crippen molar-refractivity contribution in [2.45, 2.75) is 27.2 Å². The van der Waals surface area contributed by atoms with Crippen LogP contribution in [0.3, 0.4) is 0 Å². The van der Waals surface area contributed by atoms with Crippen molar-refractivity contribution < 1.29 is 4.79 Å². The highest BCUT2D eigenvalue weighted by atomic mass is 35.5. The molecule has 0 amide bonds. The monoisotopic (exact) mass is 222 g/mol. The molecule has 1 nitrogen and oxygen atoms in total. The number of rotatable bonds is 3. The van der Waals surface area contributed by atoms with E-state index in [2.05, 4.69) is 0 Å². The topological polar surface area (TPSA) is 17.1 Å². The molecule has 0 aliphatic carbocycles. The van der Waals surface area contributed by atoms with Crippen molar-refractivity contribution in [2.75, 3.05) is 0 Å². The van der Waals surface area contributed by atoms with Gasteiger partial charge >= 0.3 is 0 Å². The van der Waals surface area contributed by atoms with E-state index >= 15 is 0 Å². The molecule has 0 saturated heterocycles. The Morgan fingerprint density at radius 3 is 2.60 bits per heavy atom. The van der Waals surface area contributed by atoms with Crippen molar-refractivity contribution >= 4 is 17.4 Å². The van der Waals surface area contributed by atoms with Crippen LogP contribution >= 0.6 is 11.6 Å². The zero-order valence-corrected chi connectivity index (χ0v) is 10.1. The molecule has 1 aromatic rings. The predicted molar refractivity (Wildman–Crippen MR) is 64.6 cm³/mol. The molecule has 0 unspecified atom stereocenters. The Morgan fingerprint density at radius 1 is 1.40 bits per heavy atom. The SMILES string of the molecule is CCc1cc(C(=O)C=C(C)C)ccc1Cl. The fraction of sp³-hybridized carbons (Fsp3) is 0.308. The number of halogens is 1. The first-order valence-electron chi connectivity index (χ1n) is 5.02. The fourth-order valence-corrected chi connectivity index (χ4v) is 1.60. The first kappa shape index (κ1) is 12.0. The van der Waals surface area contributed by atoms with Crippen LogP contribution in [0.5, 0.6) is 0 Å². The lowest BCUT2D eigenvalue weighted by molar-refractivity contribution is 0.104. The zero-order valence-electron chi connectivity index (χ0n) is 9.30. The normalized spacial score (nSPS) is 9.87. The van der Waals surface area contributed by atoms with Crippen molar-refractivity contribution in [2.24, 2.45) is 0 Å². The van der Waals surface area contributed by atoms with Gasteiger partial charge in [0.15, 0.2) is 5.78 Å². The highest BCUT2D eigenvalue weighted by Crippen LogP contribution is 2.18. The minimum absolute atomic E-state index is 0.0429. The number of hydrogen-bond donors (Lipinski definition) is 0. The number of carbonyl (C=O) groups is 1. The molecule has 80 valence electrons. The van der Waals surface area contributed by atoms with E-state index in [1.165, 1.54) is 0 Å². The number of hydrogen-bond acceptors (Lipinski definition) is 1.